The Kier molecular flexibility index (Phi) is 12.4. The number of rotatable bonds is 14. The van der Waals surface area contributed by atoms with E-state index in [0.717, 1.165) is 0 Å². The summed E-state index contributed by atoms with van der Waals surface area (Å²) in [5.41, 5.74) is 10.6. The van der Waals surface area contributed by atoms with E-state index in [0.29, 0.717) is 6.42 Å². The van der Waals surface area contributed by atoms with E-state index in [-0.39, 0.29) is 18.3 Å². The van der Waals surface area contributed by atoms with Crippen molar-refractivity contribution in [3.63, 3.8) is 0 Å². The summed E-state index contributed by atoms with van der Waals surface area (Å²) in [7, 11) is 0. The number of hydrogen-bond donors (Lipinski definition) is 7. The Hall–Kier alpha value is -2.73. The summed E-state index contributed by atoms with van der Waals surface area (Å²) in [5, 5.41) is 25.9. The minimum Gasteiger partial charge on any atom is -0.480 e. The van der Waals surface area contributed by atoms with Crippen LogP contribution in [0.5, 0.6) is 0 Å². The first-order valence-corrected chi connectivity index (χ1v) is 10.1. The quantitative estimate of drug-likeness (QED) is 0.155. The van der Waals surface area contributed by atoms with Crippen molar-refractivity contribution in [1.82, 2.24) is 16.0 Å². The topological polar surface area (TPSA) is 214 Å². The maximum atomic E-state index is 12.7. The van der Waals surface area contributed by atoms with Crippen molar-refractivity contribution in [2.24, 2.45) is 23.3 Å². The Labute approximate surface area is 181 Å². The molecule has 0 spiro atoms. The van der Waals surface area contributed by atoms with Crippen LogP contribution in [0.25, 0.3) is 0 Å². The van der Waals surface area contributed by atoms with Crippen LogP contribution >= 0.6 is 0 Å². The van der Waals surface area contributed by atoms with Gasteiger partial charge in [0.25, 0.3) is 0 Å². The molecular formula is C19H35N5O7. The highest BCUT2D eigenvalue weighted by Gasteiger charge is 2.32. The van der Waals surface area contributed by atoms with Gasteiger partial charge in [-0.1, -0.05) is 34.1 Å². The average molecular weight is 446 g/mol. The van der Waals surface area contributed by atoms with Crippen LogP contribution in [0.2, 0.25) is 0 Å². The van der Waals surface area contributed by atoms with Gasteiger partial charge in [0.2, 0.25) is 23.6 Å². The molecule has 0 aliphatic carbocycles. The fourth-order valence-electron chi connectivity index (χ4n) is 2.69. The summed E-state index contributed by atoms with van der Waals surface area (Å²) in [6.07, 6.45) is 0.266. The van der Waals surface area contributed by atoms with E-state index in [1.807, 2.05) is 0 Å². The lowest BCUT2D eigenvalue weighted by atomic mass is 9.99. The number of carboxylic acids is 1. The number of aliphatic carboxylic acids is 1. The Morgan fingerprint density at radius 2 is 1.42 bits per heavy atom. The molecule has 0 aromatic carbocycles. The molecule has 0 rings (SSSR count). The summed E-state index contributed by atoms with van der Waals surface area (Å²) in [4.78, 5) is 59.6. The summed E-state index contributed by atoms with van der Waals surface area (Å²) in [6.45, 7) is 6.23. The van der Waals surface area contributed by atoms with Crippen LogP contribution in [0.1, 0.15) is 47.0 Å². The van der Waals surface area contributed by atoms with Crippen LogP contribution in [0.3, 0.4) is 0 Å². The maximum absolute atomic E-state index is 12.7. The van der Waals surface area contributed by atoms with Crippen LogP contribution in [-0.2, 0) is 24.0 Å². The van der Waals surface area contributed by atoms with Gasteiger partial charge in [-0.3, -0.25) is 19.2 Å². The van der Waals surface area contributed by atoms with Crippen LogP contribution < -0.4 is 27.4 Å². The molecule has 5 atom stereocenters. The second-order valence-corrected chi connectivity index (χ2v) is 7.92. The molecule has 4 amide bonds. The first-order valence-electron chi connectivity index (χ1n) is 10.1. The number of carbonyl (C=O) groups is 5. The lowest BCUT2D eigenvalue weighted by Crippen LogP contribution is -2.59. The summed E-state index contributed by atoms with van der Waals surface area (Å²) in [5.74, 6) is -4.84. The van der Waals surface area contributed by atoms with Crippen molar-refractivity contribution in [2.75, 3.05) is 6.61 Å². The van der Waals surface area contributed by atoms with E-state index in [1.54, 1.807) is 27.7 Å². The largest absolute Gasteiger partial charge is 0.480 e. The van der Waals surface area contributed by atoms with Gasteiger partial charge in [-0.25, -0.2) is 4.79 Å². The smallest absolute Gasteiger partial charge is 0.326 e. The fourth-order valence-corrected chi connectivity index (χ4v) is 2.69. The average Bonchev–Trinajstić information content (AvgIpc) is 2.67. The molecule has 0 heterocycles. The van der Waals surface area contributed by atoms with Crippen molar-refractivity contribution in [2.45, 2.75) is 71.1 Å². The summed E-state index contributed by atoms with van der Waals surface area (Å²) in [6, 6.07) is -4.97. The minimum absolute atomic E-state index is 0.0355. The van der Waals surface area contributed by atoms with Crippen molar-refractivity contribution >= 4 is 29.6 Å². The molecule has 0 saturated carbocycles. The molecule has 9 N–H and O–H groups in total. The molecule has 12 nitrogen and oxygen atoms in total. The normalized spacial score (nSPS) is 15.8. The zero-order chi connectivity index (χ0) is 24.3. The molecule has 0 aliphatic rings. The van der Waals surface area contributed by atoms with E-state index in [4.69, 9.17) is 11.5 Å². The molecule has 31 heavy (non-hydrogen) atoms. The van der Waals surface area contributed by atoms with E-state index < -0.39 is 66.8 Å². The van der Waals surface area contributed by atoms with E-state index in [2.05, 4.69) is 16.0 Å². The SMILES string of the molecule is CCC(C)C(NC(=O)C(CO)NC(=O)C(CC(C)C)NC(=O)C(N)CC(N)=O)C(=O)O. The molecule has 12 heteroatoms. The van der Waals surface area contributed by atoms with E-state index in [9.17, 15) is 34.2 Å². The number of aliphatic hydroxyl groups excluding tert-OH is 1. The standard InChI is InChI=1S/C19H35N5O7/c1-5-10(4)15(19(30)31)24-18(29)13(8-25)23-17(28)12(6-9(2)3)22-16(27)11(20)7-14(21)26/h9-13,15,25H,5-8,20H2,1-4H3,(H2,21,26)(H,22,27)(H,23,28)(H,24,29)(H,30,31). The monoisotopic (exact) mass is 445 g/mol. The molecule has 0 aromatic heterocycles. The third kappa shape index (κ3) is 10.2. The number of primary amides is 1. The molecular weight excluding hydrogens is 410 g/mol. The van der Waals surface area contributed by atoms with E-state index in [1.165, 1.54) is 0 Å². The second-order valence-electron chi connectivity index (χ2n) is 7.92. The summed E-state index contributed by atoms with van der Waals surface area (Å²) >= 11 is 0. The fraction of sp³-hybridized carbons (Fsp3) is 0.737. The number of aliphatic hydroxyl groups is 1. The lowest BCUT2D eigenvalue weighted by Gasteiger charge is -2.26. The van der Waals surface area contributed by atoms with Gasteiger partial charge in [0, 0.05) is 0 Å². The van der Waals surface area contributed by atoms with Gasteiger partial charge in [-0.2, -0.15) is 0 Å². The first kappa shape index (κ1) is 28.3. The van der Waals surface area contributed by atoms with Gasteiger partial charge >= 0.3 is 5.97 Å². The number of hydrogen-bond acceptors (Lipinski definition) is 7. The molecule has 0 saturated heterocycles. The van der Waals surface area contributed by atoms with Crippen molar-refractivity contribution in [3.05, 3.63) is 0 Å². The van der Waals surface area contributed by atoms with Crippen LogP contribution in [0, 0.1) is 11.8 Å². The van der Waals surface area contributed by atoms with Gasteiger partial charge in [0.15, 0.2) is 0 Å². The molecule has 0 aromatic rings. The lowest BCUT2D eigenvalue weighted by molar-refractivity contribution is -0.144. The first-order chi connectivity index (χ1) is 14.3. The van der Waals surface area contributed by atoms with Crippen LogP contribution in [-0.4, -0.2) is 70.6 Å². The Morgan fingerprint density at radius 3 is 1.84 bits per heavy atom. The highest BCUT2D eigenvalue weighted by atomic mass is 16.4. The molecule has 178 valence electrons. The third-order valence-corrected chi connectivity index (χ3v) is 4.69. The number of nitrogens with one attached hydrogen (secondary N) is 3. The number of amides is 4. The molecule has 0 bridgehead atoms. The van der Waals surface area contributed by atoms with Crippen molar-refractivity contribution in [3.8, 4) is 0 Å². The van der Waals surface area contributed by atoms with Crippen LogP contribution in [0.15, 0.2) is 0 Å². The maximum Gasteiger partial charge on any atom is 0.326 e. The number of nitrogens with two attached hydrogens (primary N) is 2. The second kappa shape index (κ2) is 13.5. The zero-order valence-electron chi connectivity index (χ0n) is 18.4. The zero-order valence-corrected chi connectivity index (χ0v) is 18.4. The summed E-state index contributed by atoms with van der Waals surface area (Å²) < 4.78 is 0. The van der Waals surface area contributed by atoms with Gasteiger partial charge in [0.1, 0.15) is 18.1 Å². The highest BCUT2D eigenvalue weighted by molar-refractivity contribution is 5.95. The number of carbonyl (C=O) groups excluding carboxylic acids is 4. The molecule has 0 radical (unpaired) electrons. The molecule has 5 unspecified atom stereocenters. The van der Waals surface area contributed by atoms with E-state index >= 15 is 0 Å². The predicted octanol–water partition coefficient (Wildman–Crippen LogP) is -2.19. The van der Waals surface area contributed by atoms with Gasteiger partial charge in [-0.15, -0.1) is 0 Å². The third-order valence-electron chi connectivity index (χ3n) is 4.69. The van der Waals surface area contributed by atoms with Gasteiger partial charge < -0.3 is 37.6 Å². The Morgan fingerprint density at radius 1 is 0.903 bits per heavy atom. The molecule has 0 fully saturated rings. The number of carboxylic acid groups (broad SMARTS) is 1. The van der Waals surface area contributed by atoms with Crippen LogP contribution in [0.4, 0.5) is 0 Å². The minimum atomic E-state index is -1.43. The van der Waals surface area contributed by atoms with Gasteiger partial charge in [-0.05, 0) is 18.3 Å². The van der Waals surface area contributed by atoms with Crippen molar-refractivity contribution in [1.29, 1.82) is 0 Å². The highest BCUT2D eigenvalue weighted by Crippen LogP contribution is 2.09. The Balaban J connectivity index is 5.30. The Bertz CT molecular complexity index is 656. The van der Waals surface area contributed by atoms with Gasteiger partial charge in [0.05, 0.1) is 19.1 Å². The molecule has 0 aliphatic heterocycles. The van der Waals surface area contributed by atoms with Crippen molar-refractivity contribution < 1.29 is 34.2 Å². The predicted molar refractivity (Wildman–Crippen MR) is 111 cm³/mol.